The number of hydrogen-bond acceptors (Lipinski definition) is 3. The molecule has 0 unspecified atom stereocenters. The van der Waals surface area contributed by atoms with Gasteiger partial charge >= 0.3 is 0 Å². The highest BCUT2D eigenvalue weighted by Gasteiger charge is 2.05. The van der Waals surface area contributed by atoms with Gasteiger partial charge in [-0.25, -0.2) is 0 Å². The van der Waals surface area contributed by atoms with Crippen molar-refractivity contribution in [3.63, 3.8) is 0 Å². The van der Waals surface area contributed by atoms with Gasteiger partial charge in [-0.1, -0.05) is 0 Å². The van der Waals surface area contributed by atoms with Gasteiger partial charge in [-0.15, -0.1) is 0 Å². The molecule has 0 aliphatic rings. The molecule has 0 spiro atoms. The maximum atomic E-state index is 11.4. The minimum atomic E-state index is -0.0681. The molecule has 15 heavy (non-hydrogen) atoms. The highest BCUT2D eigenvalue weighted by molar-refractivity contribution is 7.71. The number of H-pyrrole nitrogens is 1. The van der Waals surface area contributed by atoms with Crippen LogP contribution in [0.4, 0.5) is 0 Å². The number of aryl methyl sites for hydroxylation is 1. The first-order valence-corrected chi connectivity index (χ1v) is 4.79. The molecule has 0 amide bonds. The zero-order valence-corrected chi connectivity index (χ0v) is 9.21. The maximum absolute atomic E-state index is 11.4. The molecule has 2 aromatic rings. The van der Waals surface area contributed by atoms with Crippen molar-refractivity contribution in [2.75, 3.05) is 0 Å². The second-order valence-corrected chi connectivity index (χ2v) is 3.66. The summed E-state index contributed by atoms with van der Waals surface area (Å²) in [6.07, 6.45) is 1.70. The number of aromatic nitrogens is 4. The molecule has 1 N–H and O–H groups in total. The Kier molecular flexibility index (Phi) is 2.28. The van der Waals surface area contributed by atoms with E-state index in [0.29, 0.717) is 10.6 Å². The van der Waals surface area contributed by atoms with Crippen LogP contribution in [-0.4, -0.2) is 19.3 Å². The Balaban J connectivity index is 2.65. The van der Waals surface area contributed by atoms with Gasteiger partial charge in [0.15, 0.2) is 10.6 Å². The van der Waals surface area contributed by atoms with Crippen LogP contribution in [0.15, 0.2) is 23.1 Å². The molecule has 0 bridgehead atoms. The zero-order valence-electron chi connectivity index (χ0n) is 8.39. The molecule has 0 fully saturated rings. The molecule has 5 nitrogen and oxygen atoms in total. The molecule has 0 aliphatic carbocycles. The largest absolute Gasteiger partial charge is 0.319 e. The third-order valence-electron chi connectivity index (χ3n) is 2.24. The van der Waals surface area contributed by atoms with Gasteiger partial charge in [0.2, 0.25) is 0 Å². The lowest BCUT2D eigenvalue weighted by Crippen LogP contribution is -2.14. The Morgan fingerprint density at radius 1 is 1.47 bits per heavy atom. The summed E-state index contributed by atoms with van der Waals surface area (Å²) in [6.45, 7) is 0. The molecular weight excluding hydrogens is 212 g/mol. The molecule has 2 rings (SSSR count). The van der Waals surface area contributed by atoms with E-state index in [-0.39, 0.29) is 5.56 Å². The van der Waals surface area contributed by atoms with Crippen molar-refractivity contribution in [1.82, 2.24) is 19.3 Å². The fraction of sp³-hybridized carbons (Fsp3) is 0.222. The molecular formula is C9H10N4OS. The van der Waals surface area contributed by atoms with Crippen LogP contribution in [0.5, 0.6) is 0 Å². The summed E-state index contributed by atoms with van der Waals surface area (Å²) in [5.41, 5.74) is 0.689. The number of nitrogens with zero attached hydrogens (tertiary/aromatic N) is 3. The van der Waals surface area contributed by atoms with E-state index in [1.54, 1.807) is 24.9 Å². The topological polar surface area (TPSA) is 55.6 Å². The van der Waals surface area contributed by atoms with Gasteiger partial charge in [0.05, 0.1) is 0 Å². The van der Waals surface area contributed by atoms with E-state index in [0.717, 1.165) is 5.56 Å². The molecule has 0 aliphatic heterocycles. The summed E-state index contributed by atoms with van der Waals surface area (Å²) in [4.78, 5) is 11.4. The van der Waals surface area contributed by atoms with Crippen molar-refractivity contribution in [1.29, 1.82) is 0 Å². The number of nitrogens with one attached hydrogen (secondary N) is 1. The predicted octanol–water partition coefficient (Wildman–Crippen LogP) is 0.843. The van der Waals surface area contributed by atoms with Crippen LogP contribution >= 0.6 is 12.2 Å². The van der Waals surface area contributed by atoms with Crippen molar-refractivity contribution in [2.45, 2.75) is 0 Å². The highest BCUT2D eigenvalue weighted by Crippen LogP contribution is 2.12. The monoisotopic (exact) mass is 222 g/mol. The molecule has 78 valence electrons. The minimum absolute atomic E-state index is 0.0681. The molecule has 0 saturated heterocycles. The number of aromatic amines is 1. The minimum Gasteiger partial charge on any atom is -0.319 e. The van der Waals surface area contributed by atoms with Crippen LogP contribution in [0.1, 0.15) is 0 Å². The van der Waals surface area contributed by atoms with Gasteiger partial charge in [-0.05, 0) is 18.3 Å². The smallest absolute Gasteiger partial charge is 0.250 e. The molecule has 0 saturated carbocycles. The summed E-state index contributed by atoms with van der Waals surface area (Å²) < 4.78 is 3.76. The second-order valence-electron chi connectivity index (χ2n) is 3.28. The van der Waals surface area contributed by atoms with Crippen molar-refractivity contribution in [2.24, 2.45) is 14.1 Å². The number of pyridine rings is 1. The third kappa shape index (κ3) is 1.63. The molecule has 6 heteroatoms. The Hall–Kier alpha value is -1.69. The summed E-state index contributed by atoms with van der Waals surface area (Å²) in [7, 11) is 3.51. The lowest BCUT2D eigenvalue weighted by molar-refractivity contribution is 0.855. The van der Waals surface area contributed by atoms with E-state index in [9.17, 15) is 4.79 Å². The summed E-state index contributed by atoms with van der Waals surface area (Å²) in [6, 6.07) is 3.36. The Morgan fingerprint density at radius 2 is 2.20 bits per heavy atom. The summed E-state index contributed by atoms with van der Waals surface area (Å²) in [5, 5.41) is 6.73. The Morgan fingerprint density at radius 3 is 2.73 bits per heavy atom. The fourth-order valence-corrected chi connectivity index (χ4v) is 1.42. The van der Waals surface area contributed by atoms with Crippen LogP contribution in [0.25, 0.3) is 11.4 Å². The lowest BCUT2D eigenvalue weighted by Gasteiger charge is -2.01. The van der Waals surface area contributed by atoms with Crippen LogP contribution in [0.3, 0.4) is 0 Å². The second kappa shape index (κ2) is 3.47. The lowest BCUT2D eigenvalue weighted by atomic mass is 10.2. The molecule has 2 aromatic heterocycles. The van der Waals surface area contributed by atoms with Gasteiger partial charge in [0.25, 0.3) is 5.56 Å². The van der Waals surface area contributed by atoms with Crippen molar-refractivity contribution in [3.8, 4) is 11.4 Å². The van der Waals surface area contributed by atoms with Gasteiger partial charge in [0, 0.05) is 31.9 Å². The van der Waals surface area contributed by atoms with E-state index >= 15 is 0 Å². The van der Waals surface area contributed by atoms with E-state index in [2.05, 4.69) is 10.2 Å². The molecule has 0 atom stereocenters. The average molecular weight is 222 g/mol. The number of rotatable bonds is 1. The average Bonchev–Trinajstić information content (AvgIpc) is 2.53. The first-order chi connectivity index (χ1) is 7.09. The molecule has 2 heterocycles. The van der Waals surface area contributed by atoms with E-state index in [1.165, 1.54) is 10.6 Å². The van der Waals surface area contributed by atoms with Crippen molar-refractivity contribution < 1.29 is 0 Å². The van der Waals surface area contributed by atoms with Crippen molar-refractivity contribution in [3.05, 3.63) is 33.5 Å². The quantitative estimate of drug-likeness (QED) is 0.727. The van der Waals surface area contributed by atoms with Crippen LogP contribution < -0.4 is 5.56 Å². The van der Waals surface area contributed by atoms with Crippen LogP contribution in [-0.2, 0) is 14.1 Å². The van der Waals surface area contributed by atoms with Gasteiger partial charge in [0.1, 0.15) is 0 Å². The normalized spacial score (nSPS) is 10.5. The van der Waals surface area contributed by atoms with Gasteiger partial charge < -0.3 is 9.13 Å². The SMILES string of the molecule is Cn1ccc(-c2n[nH]c(=S)n2C)cc1=O. The predicted molar refractivity (Wildman–Crippen MR) is 59.1 cm³/mol. The first-order valence-electron chi connectivity index (χ1n) is 4.38. The van der Waals surface area contributed by atoms with Crippen molar-refractivity contribution >= 4 is 12.2 Å². The Bertz CT molecular complexity index is 607. The summed E-state index contributed by atoms with van der Waals surface area (Å²) in [5.74, 6) is 0.665. The maximum Gasteiger partial charge on any atom is 0.250 e. The molecule has 0 aromatic carbocycles. The van der Waals surface area contributed by atoms with Crippen LogP contribution in [0.2, 0.25) is 0 Å². The standard InChI is InChI=1S/C9H10N4OS/c1-12-4-3-6(5-7(12)14)8-10-11-9(15)13(8)2/h3-5H,1-2H3,(H,11,15). The zero-order chi connectivity index (χ0) is 11.0. The third-order valence-corrected chi connectivity index (χ3v) is 2.61. The van der Waals surface area contributed by atoms with E-state index in [1.807, 2.05) is 6.07 Å². The molecule has 0 radical (unpaired) electrons. The highest BCUT2D eigenvalue weighted by atomic mass is 32.1. The Labute approximate surface area is 91.0 Å². The van der Waals surface area contributed by atoms with Gasteiger partial charge in [-0.2, -0.15) is 5.10 Å². The van der Waals surface area contributed by atoms with Crippen LogP contribution in [0, 0.1) is 4.77 Å². The van der Waals surface area contributed by atoms with E-state index < -0.39 is 0 Å². The summed E-state index contributed by atoms with van der Waals surface area (Å²) >= 11 is 4.99. The fourth-order valence-electron chi connectivity index (χ4n) is 1.29. The van der Waals surface area contributed by atoms with E-state index in [4.69, 9.17) is 12.2 Å². The number of hydrogen-bond donors (Lipinski definition) is 1. The first kappa shape index (κ1) is 9.85. The van der Waals surface area contributed by atoms with Gasteiger partial charge in [-0.3, -0.25) is 9.89 Å².